The molecule has 2 N–H and O–H groups in total. The molecular weight excluding hydrogens is 505 g/mol. The van der Waals surface area contributed by atoms with Gasteiger partial charge in [-0.05, 0) is 28.1 Å². The van der Waals surface area contributed by atoms with Crippen LogP contribution in [0.25, 0.3) is 0 Å². The maximum absolute atomic E-state index is 12.6. The predicted octanol–water partition coefficient (Wildman–Crippen LogP) is 4.27. The van der Waals surface area contributed by atoms with Gasteiger partial charge in [-0.3, -0.25) is 4.72 Å². The number of carbonyl (C=O) groups is 1. The molecule has 2 aromatic rings. The highest BCUT2D eigenvalue weighted by Crippen LogP contribution is 2.43. The number of hydrogen-bond donors (Lipinski definition) is 2. The molecule has 0 aliphatic carbocycles. The lowest BCUT2D eigenvalue weighted by Gasteiger charge is -2.12. The number of ether oxygens (including phenoxy) is 2. The fraction of sp³-hybridized carbons (Fsp3) is 0.267. The molecule has 0 saturated carbocycles. The molecule has 1 fully saturated rings. The standard InChI is InChI=1S/C15H12BrCl2NO6S2/c16-11-12(14(18)26-13(11)17)27(22,23)19-7-1-2-9(10(20)5-7)15(21)25-8-3-4-24-6-8/h1-2,5,8,19-20H,3-4,6H2. The highest BCUT2D eigenvalue weighted by Gasteiger charge is 2.27. The van der Waals surface area contributed by atoms with Gasteiger partial charge in [0.25, 0.3) is 10.0 Å². The molecule has 1 aliphatic rings. The average Bonchev–Trinajstić information content (AvgIpc) is 3.15. The number of phenols is 1. The first kappa shape index (κ1) is 20.7. The summed E-state index contributed by atoms with van der Waals surface area (Å²) < 4.78 is 38.1. The summed E-state index contributed by atoms with van der Waals surface area (Å²) in [6, 6.07) is 3.70. The summed E-state index contributed by atoms with van der Waals surface area (Å²) in [5.74, 6) is -1.14. The Bertz CT molecular complexity index is 988. The zero-order chi connectivity index (χ0) is 19.8. The quantitative estimate of drug-likeness (QED) is 0.575. The van der Waals surface area contributed by atoms with Gasteiger partial charge in [0.05, 0.1) is 23.4 Å². The molecule has 27 heavy (non-hydrogen) atoms. The van der Waals surface area contributed by atoms with Crippen molar-refractivity contribution >= 4 is 72.1 Å². The SMILES string of the molecule is O=C(OC1CCOC1)c1ccc(NS(=O)(=O)c2c(Cl)sc(Cl)c2Br)cc1O. The van der Waals surface area contributed by atoms with Gasteiger partial charge in [-0.15, -0.1) is 11.3 Å². The lowest BCUT2D eigenvalue weighted by Crippen LogP contribution is -2.18. The molecule has 7 nitrogen and oxygen atoms in total. The number of aromatic hydroxyl groups is 1. The molecule has 12 heteroatoms. The molecule has 1 unspecified atom stereocenters. The lowest BCUT2D eigenvalue weighted by molar-refractivity contribution is 0.0268. The van der Waals surface area contributed by atoms with Crippen LogP contribution in [0.5, 0.6) is 5.75 Å². The van der Waals surface area contributed by atoms with Crippen molar-refractivity contribution in [3.8, 4) is 5.75 Å². The second-order valence-corrected chi connectivity index (χ2v) is 10.2. The van der Waals surface area contributed by atoms with Crippen molar-refractivity contribution in [1.29, 1.82) is 0 Å². The van der Waals surface area contributed by atoms with Crippen LogP contribution < -0.4 is 4.72 Å². The van der Waals surface area contributed by atoms with Crippen molar-refractivity contribution in [1.82, 2.24) is 0 Å². The monoisotopic (exact) mass is 515 g/mol. The first-order valence-electron chi connectivity index (χ1n) is 7.47. The van der Waals surface area contributed by atoms with Crippen LogP contribution in [-0.4, -0.2) is 38.8 Å². The number of nitrogens with one attached hydrogen (secondary N) is 1. The van der Waals surface area contributed by atoms with Crippen LogP contribution in [0.1, 0.15) is 16.8 Å². The van der Waals surface area contributed by atoms with Gasteiger partial charge < -0.3 is 14.6 Å². The molecular formula is C15H12BrCl2NO6S2. The van der Waals surface area contributed by atoms with Crippen molar-refractivity contribution in [3.05, 3.63) is 36.9 Å². The third kappa shape index (κ3) is 4.52. The van der Waals surface area contributed by atoms with Crippen molar-refractivity contribution in [2.24, 2.45) is 0 Å². The van der Waals surface area contributed by atoms with Crippen LogP contribution >= 0.6 is 50.5 Å². The fourth-order valence-electron chi connectivity index (χ4n) is 2.36. The van der Waals surface area contributed by atoms with Gasteiger partial charge in [0.1, 0.15) is 31.0 Å². The second-order valence-electron chi connectivity index (χ2n) is 5.52. The van der Waals surface area contributed by atoms with Crippen LogP contribution in [0.2, 0.25) is 8.67 Å². The van der Waals surface area contributed by atoms with Gasteiger partial charge in [-0.25, -0.2) is 13.2 Å². The van der Waals surface area contributed by atoms with E-state index in [-0.39, 0.29) is 35.4 Å². The van der Waals surface area contributed by atoms with E-state index in [4.69, 9.17) is 32.7 Å². The minimum Gasteiger partial charge on any atom is -0.507 e. The number of phenolic OH excluding ortho intramolecular Hbond substituents is 1. The number of rotatable bonds is 5. The van der Waals surface area contributed by atoms with E-state index >= 15 is 0 Å². The molecule has 0 radical (unpaired) electrons. The maximum atomic E-state index is 12.6. The Morgan fingerprint density at radius 1 is 1.37 bits per heavy atom. The number of esters is 1. The summed E-state index contributed by atoms with van der Waals surface area (Å²) in [4.78, 5) is 11.9. The first-order chi connectivity index (χ1) is 12.7. The average molecular weight is 517 g/mol. The lowest BCUT2D eigenvalue weighted by atomic mass is 10.2. The molecule has 2 heterocycles. The van der Waals surface area contributed by atoms with Gasteiger partial charge >= 0.3 is 5.97 Å². The van der Waals surface area contributed by atoms with Crippen LogP contribution in [0.3, 0.4) is 0 Å². The number of halogens is 3. The van der Waals surface area contributed by atoms with Crippen molar-refractivity contribution in [2.45, 2.75) is 17.4 Å². The van der Waals surface area contributed by atoms with Gasteiger partial charge in [-0.1, -0.05) is 23.2 Å². The third-order valence-corrected chi connectivity index (χ3v) is 8.47. The Balaban J connectivity index is 1.80. The Morgan fingerprint density at radius 2 is 2.11 bits per heavy atom. The van der Waals surface area contributed by atoms with E-state index in [2.05, 4.69) is 20.7 Å². The van der Waals surface area contributed by atoms with E-state index in [1.807, 2.05) is 0 Å². The molecule has 1 aromatic heterocycles. The topological polar surface area (TPSA) is 102 Å². The van der Waals surface area contributed by atoms with E-state index < -0.39 is 21.7 Å². The first-order valence-corrected chi connectivity index (χ1v) is 11.3. The summed E-state index contributed by atoms with van der Waals surface area (Å²) in [7, 11) is -4.07. The summed E-state index contributed by atoms with van der Waals surface area (Å²) in [6.07, 6.45) is 0.223. The van der Waals surface area contributed by atoms with E-state index in [9.17, 15) is 18.3 Å². The van der Waals surface area contributed by atoms with E-state index in [1.165, 1.54) is 12.1 Å². The summed E-state index contributed by atoms with van der Waals surface area (Å²) in [5.41, 5.74) is -0.0406. The molecule has 1 saturated heterocycles. The molecule has 1 atom stereocenters. The van der Waals surface area contributed by atoms with Gasteiger partial charge in [0, 0.05) is 12.5 Å². The molecule has 0 bridgehead atoms. The van der Waals surface area contributed by atoms with Crippen LogP contribution in [0.15, 0.2) is 27.6 Å². The van der Waals surface area contributed by atoms with Gasteiger partial charge in [-0.2, -0.15) is 0 Å². The number of sulfonamides is 1. The zero-order valence-corrected chi connectivity index (χ0v) is 18.1. The Morgan fingerprint density at radius 3 is 2.67 bits per heavy atom. The molecule has 3 rings (SSSR count). The van der Waals surface area contributed by atoms with Crippen molar-refractivity contribution in [2.75, 3.05) is 17.9 Å². The van der Waals surface area contributed by atoms with Gasteiger partial charge in [0.2, 0.25) is 0 Å². The molecule has 1 aliphatic heterocycles. The summed E-state index contributed by atoms with van der Waals surface area (Å²) in [6.45, 7) is 0.818. The van der Waals surface area contributed by atoms with E-state index in [0.29, 0.717) is 19.6 Å². The highest BCUT2D eigenvalue weighted by molar-refractivity contribution is 9.10. The Kier molecular flexibility index (Phi) is 6.24. The number of carbonyl (C=O) groups excluding carboxylic acids is 1. The van der Waals surface area contributed by atoms with Crippen LogP contribution in [0, 0.1) is 0 Å². The van der Waals surface area contributed by atoms with E-state index in [1.54, 1.807) is 0 Å². The zero-order valence-electron chi connectivity index (χ0n) is 13.4. The fourth-order valence-corrected chi connectivity index (χ4v) is 6.97. The van der Waals surface area contributed by atoms with Gasteiger partial charge in [0.15, 0.2) is 0 Å². The minimum absolute atomic E-state index is 0.0115. The van der Waals surface area contributed by atoms with E-state index in [0.717, 1.165) is 17.4 Å². The smallest absolute Gasteiger partial charge is 0.342 e. The normalized spacial score (nSPS) is 17.1. The molecule has 0 amide bonds. The van der Waals surface area contributed by atoms with Crippen molar-refractivity contribution in [3.63, 3.8) is 0 Å². The summed E-state index contributed by atoms with van der Waals surface area (Å²) in [5, 5.41) is 10.1. The summed E-state index contributed by atoms with van der Waals surface area (Å²) >= 11 is 15.8. The molecule has 146 valence electrons. The number of benzene rings is 1. The number of thiophene rings is 1. The Hall–Kier alpha value is -1.04. The van der Waals surface area contributed by atoms with Crippen molar-refractivity contribution < 1.29 is 27.8 Å². The van der Waals surface area contributed by atoms with Crippen LogP contribution in [0.4, 0.5) is 5.69 Å². The predicted molar refractivity (Wildman–Crippen MR) is 106 cm³/mol. The number of hydrogen-bond acceptors (Lipinski definition) is 7. The number of anilines is 1. The molecule has 1 aromatic carbocycles. The second kappa shape index (κ2) is 8.14. The largest absolute Gasteiger partial charge is 0.507 e. The maximum Gasteiger partial charge on any atom is 0.342 e. The molecule has 0 spiro atoms. The van der Waals surface area contributed by atoms with Crippen LogP contribution in [-0.2, 0) is 19.5 Å². The third-order valence-electron chi connectivity index (χ3n) is 3.63. The highest BCUT2D eigenvalue weighted by atomic mass is 79.9. The Labute approximate surface area is 177 Å². The minimum atomic E-state index is -4.07.